The molecule has 2 aliphatic heterocycles. The first-order chi connectivity index (χ1) is 12.7. The molecule has 1 fully saturated rings. The van der Waals surface area contributed by atoms with Crippen LogP contribution in [0.2, 0.25) is 0 Å². The first-order valence-electron chi connectivity index (χ1n) is 9.07. The topological polar surface area (TPSA) is 56.6 Å². The monoisotopic (exact) mass is 353 g/mol. The van der Waals surface area contributed by atoms with Crippen molar-refractivity contribution in [1.82, 2.24) is 14.7 Å². The van der Waals surface area contributed by atoms with Crippen molar-refractivity contribution in [2.24, 2.45) is 7.05 Å². The molecule has 26 heavy (non-hydrogen) atoms. The number of aryl methyl sites for hydroxylation is 1. The minimum atomic E-state index is 0.0310. The predicted molar refractivity (Wildman–Crippen MR) is 98.0 cm³/mol. The number of hydrogen-bond donors (Lipinski definition) is 0. The van der Waals surface area contributed by atoms with Crippen LogP contribution in [0, 0.1) is 0 Å². The molecule has 4 rings (SSSR count). The number of rotatable bonds is 3. The summed E-state index contributed by atoms with van der Waals surface area (Å²) in [5.74, 6) is 1.60. The number of fused-ring (bicyclic) bond motifs is 1. The maximum Gasteiger partial charge on any atom is 0.247 e. The molecule has 1 saturated heterocycles. The minimum Gasteiger partial charge on any atom is -0.490 e. The summed E-state index contributed by atoms with van der Waals surface area (Å²) in [6.45, 7) is 2.12. The molecule has 1 amide bonds. The largest absolute Gasteiger partial charge is 0.490 e. The van der Waals surface area contributed by atoms with Crippen molar-refractivity contribution in [3.63, 3.8) is 0 Å². The second kappa shape index (κ2) is 7.23. The number of aromatic nitrogens is 2. The maximum atomic E-state index is 12.7. The molecule has 1 atom stereocenters. The molecule has 1 aromatic heterocycles. The lowest BCUT2D eigenvalue weighted by Gasteiger charge is -2.24. The Morgan fingerprint density at radius 1 is 1.23 bits per heavy atom. The van der Waals surface area contributed by atoms with Gasteiger partial charge in [0.25, 0.3) is 0 Å². The summed E-state index contributed by atoms with van der Waals surface area (Å²) < 4.78 is 13.2. The fourth-order valence-electron chi connectivity index (χ4n) is 3.55. The van der Waals surface area contributed by atoms with Crippen molar-refractivity contribution in [3.05, 3.63) is 47.8 Å². The molecule has 2 aliphatic rings. The van der Waals surface area contributed by atoms with Gasteiger partial charge in [-0.1, -0.05) is 6.07 Å². The van der Waals surface area contributed by atoms with Crippen LogP contribution in [-0.2, 0) is 11.8 Å². The molecule has 0 bridgehead atoms. The van der Waals surface area contributed by atoms with Crippen LogP contribution in [0.25, 0.3) is 6.08 Å². The Morgan fingerprint density at radius 3 is 2.88 bits per heavy atom. The van der Waals surface area contributed by atoms with E-state index in [0.717, 1.165) is 48.4 Å². The highest BCUT2D eigenvalue weighted by Gasteiger charge is 2.29. The molecule has 6 nitrogen and oxygen atoms in total. The molecule has 136 valence electrons. The highest BCUT2D eigenvalue weighted by molar-refractivity contribution is 5.92. The van der Waals surface area contributed by atoms with Crippen LogP contribution in [0.1, 0.15) is 36.4 Å². The lowest BCUT2D eigenvalue weighted by molar-refractivity contribution is -0.126. The molecule has 1 unspecified atom stereocenters. The van der Waals surface area contributed by atoms with Gasteiger partial charge in [-0.25, -0.2) is 0 Å². The van der Waals surface area contributed by atoms with E-state index < -0.39 is 0 Å². The van der Waals surface area contributed by atoms with Crippen molar-refractivity contribution in [3.8, 4) is 11.5 Å². The fourth-order valence-corrected chi connectivity index (χ4v) is 3.55. The fraction of sp³-hybridized carbons (Fsp3) is 0.400. The Morgan fingerprint density at radius 2 is 2.08 bits per heavy atom. The summed E-state index contributed by atoms with van der Waals surface area (Å²) in [4.78, 5) is 14.6. The zero-order chi connectivity index (χ0) is 17.9. The normalized spacial score (nSPS) is 19.7. The van der Waals surface area contributed by atoms with Gasteiger partial charge in [-0.2, -0.15) is 5.10 Å². The van der Waals surface area contributed by atoms with Gasteiger partial charge in [0.1, 0.15) is 0 Å². The summed E-state index contributed by atoms with van der Waals surface area (Å²) in [6, 6.07) is 6.12. The summed E-state index contributed by atoms with van der Waals surface area (Å²) in [7, 11) is 1.86. The molecule has 1 aromatic carbocycles. The minimum absolute atomic E-state index is 0.0310. The van der Waals surface area contributed by atoms with E-state index in [2.05, 4.69) is 11.2 Å². The Labute approximate surface area is 153 Å². The van der Waals surface area contributed by atoms with E-state index in [9.17, 15) is 4.79 Å². The van der Waals surface area contributed by atoms with Gasteiger partial charge < -0.3 is 14.4 Å². The molecule has 3 heterocycles. The Balaban J connectivity index is 1.52. The lowest BCUT2D eigenvalue weighted by Crippen LogP contribution is -2.28. The van der Waals surface area contributed by atoms with E-state index in [1.165, 1.54) is 0 Å². The zero-order valence-electron chi connectivity index (χ0n) is 14.9. The highest BCUT2D eigenvalue weighted by atomic mass is 16.5. The molecule has 0 radical (unpaired) electrons. The average Bonchev–Trinajstić information content (AvgIpc) is 3.23. The van der Waals surface area contributed by atoms with Crippen molar-refractivity contribution in [2.75, 3.05) is 19.8 Å². The molecule has 0 spiro atoms. The van der Waals surface area contributed by atoms with Crippen molar-refractivity contribution in [2.45, 2.75) is 25.3 Å². The van der Waals surface area contributed by atoms with Crippen LogP contribution in [-0.4, -0.2) is 40.3 Å². The van der Waals surface area contributed by atoms with Crippen LogP contribution in [0.3, 0.4) is 0 Å². The Kier molecular flexibility index (Phi) is 4.65. The van der Waals surface area contributed by atoms with Crippen LogP contribution in [0.15, 0.2) is 36.7 Å². The smallest absolute Gasteiger partial charge is 0.247 e. The molecule has 0 aliphatic carbocycles. The summed E-state index contributed by atoms with van der Waals surface area (Å²) in [5.41, 5.74) is 2.03. The Bertz CT molecular complexity index is 827. The van der Waals surface area contributed by atoms with Crippen molar-refractivity contribution >= 4 is 12.0 Å². The van der Waals surface area contributed by atoms with E-state index >= 15 is 0 Å². The summed E-state index contributed by atoms with van der Waals surface area (Å²) >= 11 is 0. The third kappa shape index (κ3) is 3.45. The number of carbonyl (C=O) groups is 1. The highest BCUT2D eigenvalue weighted by Crippen LogP contribution is 2.38. The van der Waals surface area contributed by atoms with E-state index in [-0.39, 0.29) is 11.9 Å². The molecular weight excluding hydrogens is 330 g/mol. The van der Waals surface area contributed by atoms with Gasteiger partial charge >= 0.3 is 0 Å². The van der Waals surface area contributed by atoms with Crippen LogP contribution < -0.4 is 9.47 Å². The molecule has 6 heteroatoms. The van der Waals surface area contributed by atoms with Gasteiger partial charge in [0.2, 0.25) is 5.91 Å². The maximum absolute atomic E-state index is 12.7. The lowest BCUT2D eigenvalue weighted by atomic mass is 10.0. The molecular formula is C20H23N3O3. The van der Waals surface area contributed by atoms with E-state index in [0.29, 0.717) is 13.2 Å². The van der Waals surface area contributed by atoms with Crippen molar-refractivity contribution in [1.29, 1.82) is 0 Å². The first-order valence-corrected chi connectivity index (χ1v) is 9.07. The number of benzene rings is 1. The van der Waals surface area contributed by atoms with Gasteiger partial charge in [-0.3, -0.25) is 9.48 Å². The second-order valence-electron chi connectivity index (χ2n) is 6.73. The van der Waals surface area contributed by atoms with Gasteiger partial charge in [0.05, 0.1) is 25.5 Å². The summed E-state index contributed by atoms with van der Waals surface area (Å²) in [5, 5.41) is 4.12. The van der Waals surface area contributed by atoms with Gasteiger partial charge in [-0.05, 0) is 36.6 Å². The SMILES string of the molecule is Cn1cc(/C=C/C(=O)N2CCCC2c2ccc3c(c2)OCCCO3)cn1. The number of hydrogen-bond acceptors (Lipinski definition) is 4. The third-order valence-electron chi connectivity index (χ3n) is 4.84. The number of carbonyl (C=O) groups excluding carboxylic acids is 1. The number of likely N-dealkylation sites (tertiary alicyclic amines) is 1. The summed E-state index contributed by atoms with van der Waals surface area (Å²) in [6.07, 6.45) is 9.94. The standard InChI is InChI=1S/C20H23N3O3/c1-22-14-15(13-21-22)5-8-20(24)23-9-2-4-17(23)16-6-7-18-19(12-16)26-11-3-10-25-18/h5-8,12-14,17H,2-4,9-11H2,1H3/b8-5+. The first kappa shape index (κ1) is 16.7. The molecule has 2 aromatic rings. The van der Waals surface area contributed by atoms with Crippen LogP contribution >= 0.6 is 0 Å². The van der Waals surface area contributed by atoms with Crippen LogP contribution in [0.4, 0.5) is 0 Å². The second-order valence-corrected chi connectivity index (χ2v) is 6.73. The molecule has 0 saturated carbocycles. The Hall–Kier alpha value is -2.76. The number of amides is 1. The molecule has 0 N–H and O–H groups in total. The zero-order valence-corrected chi connectivity index (χ0v) is 14.9. The third-order valence-corrected chi connectivity index (χ3v) is 4.84. The van der Waals surface area contributed by atoms with Crippen molar-refractivity contribution < 1.29 is 14.3 Å². The van der Waals surface area contributed by atoms with Gasteiger partial charge in [-0.15, -0.1) is 0 Å². The number of ether oxygens (including phenoxy) is 2. The van der Waals surface area contributed by atoms with Gasteiger partial charge in [0.15, 0.2) is 11.5 Å². The quantitative estimate of drug-likeness (QED) is 0.796. The van der Waals surface area contributed by atoms with E-state index in [4.69, 9.17) is 9.47 Å². The predicted octanol–water partition coefficient (Wildman–Crippen LogP) is 2.96. The number of nitrogens with zero attached hydrogens (tertiary/aromatic N) is 3. The van der Waals surface area contributed by atoms with Crippen LogP contribution in [0.5, 0.6) is 11.5 Å². The van der Waals surface area contributed by atoms with E-state index in [1.54, 1.807) is 17.0 Å². The average molecular weight is 353 g/mol. The van der Waals surface area contributed by atoms with Gasteiger partial charge in [0, 0.05) is 37.8 Å². The van der Waals surface area contributed by atoms with E-state index in [1.807, 2.05) is 36.4 Å².